The van der Waals surface area contributed by atoms with Crippen LogP contribution >= 0.6 is 0 Å². The molecule has 0 fully saturated rings. The molecular weight excluding hydrogens is 225 g/mol. The molecule has 2 N–H and O–H groups in total. The van der Waals surface area contributed by atoms with Crippen molar-refractivity contribution in [2.45, 2.75) is 6.18 Å². The van der Waals surface area contributed by atoms with E-state index in [9.17, 15) is 13.2 Å². The van der Waals surface area contributed by atoms with E-state index in [0.717, 1.165) is 0 Å². The van der Waals surface area contributed by atoms with Crippen LogP contribution in [0.2, 0.25) is 0 Å². The van der Waals surface area contributed by atoms with Gasteiger partial charge in [-0.05, 0) is 12.1 Å². The average Bonchev–Trinajstić information content (AvgIpc) is 2.67. The first-order valence-electron chi connectivity index (χ1n) is 4.09. The van der Waals surface area contributed by atoms with E-state index in [1.807, 2.05) is 0 Å². The van der Waals surface area contributed by atoms with E-state index in [0.29, 0.717) is 5.69 Å². The summed E-state index contributed by atoms with van der Waals surface area (Å²) in [6.45, 7) is 0. The van der Waals surface area contributed by atoms with Gasteiger partial charge < -0.3 is 10.3 Å². The molecule has 2 aromatic rings. The third kappa shape index (κ3) is 1.95. The molecule has 0 unspecified atom stereocenters. The molecule has 0 spiro atoms. The SMILES string of the molecule is Nc1ccc(-c2noc(C(F)(F)F)n2)nc1. The Morgan fingerprint density at radius 1 is 1.25 bits per heavy atom. The number of anilines is 1. The third-order valence-corrected chi connectivity index (χ3v) is 1.68. The molecule has 0 aliphatic carbocycles. The number of nitrogen functional groups attached to an aromatic ring is 1. The minimum Gasteiger partial charge on any atom is -0.397 e. The second-order valence-electron chi connectivity index (χ2n) is 2.90. The van der Waals surface area contributed by atoms with Crippen LogP contribution in [0.5, 0.6) is 0 Å². The minimum absolute atomic E-state index is 0.161. The fourth-order valence-corrected chi connectivity index (χ4v) is 0.980. The molecular formula is C8H5F3N4O. The molecule has 0 atom stereocenters. The molecule has 0 saturated carbocycles. The van der Waals surface area contributed by atoms with Gasteiger partial charge in [0.15, 0.2) is 0 Å². The lowest BCUT2D eigenvalue weighted by Crippen LogP contribution is -2.04. The molecule has 0 aliphatic rings. The van der Waals surface area contributed by atoms with Crippen molar-refractivity contribution in [1.29, 1.82) is 0 Å². The Morgan fingerprint density at radius 3 is 2.50 bits per heavy atom. The van der Waals surface area contributed by atoms with E-state index in [-0.39, 0.29) is 11.5 Å². The van der Waals surface area contributed by atoms with Crippen molar-refractivity contribution >= 4 is 5.69 Å². The Bertz CT molecular complexity index is 491. The molecule has 0 amide bonds. The van der Waals surface area contributed by atoms with Crippen molar-refractivity contribution in [2.24, 2.45) is 0 Å². The smallest absolute Gasteiger partial charge is 0.397 e. The van der Waals surface area contributed by atoms with Gasteiger partial charge in [0, 0.05) is 0 Å². The number of nitrogens with two attached hydrogens (primary N) is 1. The highest BCUT2D eigenvalue weighted by atomic mass is 19.4. The van der Waals surface area contributed by atoms with Crippen LogP contribution in [-0.2, 0) is 6.18 Å². The van der Waals surface area contributed by atoms with Crippen LogP contribution in [0.1, 0.15) is 5.89 Å². The van der Waals surface area contributed by atoms with Crippen molar-refractivity contribution in [3.8, 4) is 11.5 Å². The van der Waals surface area contributed by atoms with Gasteiger partial charge in [0.2, 0.25) is 5.82 Å². The maximum absolute atomic E-state index is 12.1. The number of rotatable bonds is 1. The molecule has 8 heteroatoms. The molecule has 2 aromatic heterocycles. The fraction of sp³-hybridized carbons (Fsp3) is 0.125. The van der Waals surface area contributed by atoms with Gasteiger partial charge in [0.25, 0.3) is 0 Å². The number of hydrogen-bond donors (Lipinski definition) is 1. The van der Waals surface area contributed by atoms with Crippen molar-refractivity contribution < 1.29 is 17.7 Å². The highest BCUT2D eigenvalue weighted by Crippen LogP contribution is 2.28. The molecule has 2 heterocycles. The summed E-state index contributed by atoms with van der Waals surface area (Å²) < 4.78 is 40.5. The van der Waals surface area contributed by atoms with E-state index >= 15 is 0 Å². The van der Waals surface area contributed by atoms with E-state index in [1.54, 1.807) is 0 Å². The lowest BCUT2D eigenvalue weighted by atomic mass is 10.3. The van der Waals surface area contributed by atoms with Crippen molar-refractivity contribution in [3.63, 3.8) is 0 Å². The maximum atomic E-state index is 12.1. The highest BCUT2D eigenvalue weighted by Gasteiger charge is 2.38. The number of pyridine rings is 1. The van der Waals surface area contributed by atoms with E-state index in [2.05, 4.69) is 19.6 Å². The molecule has 5 nitrogen and oxygen atoms in total. The number of halogens is 3. The second kappa shape index (κ2) is 3.47. The zero-order valence-corrected chi connectivity index (χ0v) is 7.69. The van der Waals surface area contributed by atoms with Crippen LogP contribution in [0.4, 0.5) is 18.9 Å². The summed E-state index contributed by atoms with van der Waals surface area (Å²) in [6, 6.07) is 2.88. The summed E-state index contributed by atoms with van der Waals surface area (Å²) in [6.07, 6.45) is -3.36. The lowest BCUT2D eigenvalue weighted by molar-refractivity contribution is -0.159. The van der Waals surface area contributed by atoms with E-state index in [4.69, 9.17) is 5.73 Å². The van der Waals surface area contributed by atoms with Gasteiger partial charge in [-0.2, -0.15) is 18.2 Å². The van der Waals surface area contributed by atoms with Crippen molar-refractivity contribution in [2.75, 3.05) is 5.73 Å². The van der Waals surface area contributed by atoms with Crippen LogP contribution in [0.25, 0.3) is 11.5 Å². The van der Waals surface area contributed by atoms with E-state index in [1.165, 1.54) is 18.3 Å². The monoisotopic (exact) mass is 230 g/mol. The predicted octanol–water partition coefficient (Wildman–Crippen LogP) is 1.73. The Labute approximate surface area is 87.1 Å². The summed E-state index contributed by atoms with van der Waals surface area (Å²) in [4.78, 5) is 6.94. The number of hydrogen-bond acceptors (Lipinski definition) is 5. The van der Waals surface area contributed by atoms with Crippen molar-refractivity contribution in [3.05, 3.63) is 24.2 Å². The first kappa shape index (κ1) is 10.4. The Kier molecular flexibility index (Phi) is 2.26. The predicted molar refractivity (Wildman–Crippen MR) is 46.9 cm³/mol. The molecule has 84 valence electrons. The quantitative estimate of drug-likeness (QED) is 0.807. The summed E-state index contributed by atoms with van der Waals surface area (Å²) in [5.41, 5.74) is 5.93. The molecule has 0 aliphatic heterocycles. The maximum Gasteiger partial charge on any atom is 0.471 e. The Morgan fingerprint density at radius 2 is 2.00 bits per heavy atom. The van der Waals surface area contributed by atoms with E-state index < -0.39 is 12.1 Å². The summed E-state index contributed by atoms with van der Waals surface area (Å²) in [5.74, 6) is -1.63. The third-order valence-electron chi connectivity index (χ3n) is 1.68. The van der Waals surface area contributed by atoms with Gasteiger partial charge in [-0.15, -0.1) is 0 Å². The molecule has 0 aromatic carbocycles. The van der Waals surface area contributed by atoms with Gasteiger partial charge in [-0.1, -0.05) is 5.16 Å². The van der Waals surface area contributed by atoms with Crippen LogP contribution in [0.3, 0.4) is 0 Å². The number of nitrogens with zero attached hydrogens (tertiary/aromatic N) is 3. The average molecular weight is 230 g/mol. The molecule has 0 bridgehead atoms. The standard InChI is InChI=1S/C8H5F3N4O/c9-8(10,11)7-14-6(15-16-7)5-2-1-4(12)3-13-5/h1-3H,12H2. The normalized spacial score (nSPS) is 11.7. The summed E-state index contributed by atoms with van der Waals surface area (Å²) >= 11 is 0. The van der Waals surface area contributed by atoms with Crippen molar-refractivity contribution in [1.82, 2.24) is 15.1 Å². The van der Waals surface area contributed by atoms with Gasteiger partial charge >= 0.3 is 12.1 Å². The topological polar surface area (TPSA) is 77.8 Å². The van der Waals surface area contributed by atoms with Gasteiger partial charge in [0.1, 0.15) is 5.69 Å². The van der Waals surface area contributed by atoms with Crippen LogP contribution in [-0.4, -0.2) is 15.1 Å². The van der Waals surface area contributed by atoms with Gasteiger partial charge in [0.05, 0.1) is 11.9 Å². The number of aromatic nitrogens is 3. The molecule has 16 heavy (non-hydrogen) atoms. The second-order valence-corrected chi connectivity index (χ2v) is 2.90. The van der Waals surface area contributed by atoms with Gasteiger partial charge in [-0.3, -0.25) is 4.98 Å². The molecule has 0 radical (unpaired) electrons. The zero-order chi connectivity index (χ0) is 11.8. The zero-order valence-electron chi connectivity index (χ0n) is 7.69. The minimum atomic E-state index is -4.65. The molecule has 2 rings (SSSR count). The summed E-state index contributed by atoms with van der Waals surface area (Å²) in [5, 5.41) is 3.17. The first-order chi connectivity index (χ1) is 7.47. The van der Waals surface area contributed by atoms with Crippen LogP contribution in [0, 0.1) is 0 Å². The summed E-state index contributed by atoms with van der Waals surface area (Å²) in [7, 11) is 0. The van der Waals surface area contributed by atoms with Gasteiger partial charge in [-0.25, -0.2) is 0 Å². The van der Waals surface area contributed by atoms with Crippen LogP contribution in [0.15, 0.2) is 22.9 Å². The highest BCUT2D eigenvalue weighted by molar-refractivity contribution is 5.51. The largest absolute Gasteiger partial charge is 0.471 e. The Balaban J connectivity index is 2.35. The number of alkyl halides is 3. The Hall–Kier alpha value is -2.12. The van der Waals surface area contributed by atoms with Crippen LogP contribution < -0.4 is 5.73 Å². The first-order valence-corrected chi connectivity index (χ1v) is 4.09. The lowest BCUT2D eigenvalue weighted by Gasteiger charge is -1.96. The molecule has 0 saturated heterocycles. The fourth-order valence-electron chi connectivity index (χ4n) is 0.980.